The lowest BCUT2D eigenvalue weighted by molar-refractivity contribution is -0.154. The van der Waals surface area contributed by atoms with E-state index in [4.69, 9.17) is 4.74 Å². The molecular formula is C12H23AlO4. The molecule has 5 heteroatoms. The monoisotopic (exact) mass is 258 g/mol. The molecule has 0 spiro atoms. The molecule has 98 valence electrons. The van der Waals surface area contributed by atoms with Crippen LogP contribution in [-0.2, 0) is 19.1 Å². The fraction of sp³-hybridized carbons (Fsp3) is 0.750. The molecule has 0 fully saturated rings. The van der Waals surface area contributed by atoms with Crippen LogP contribution in [-0.4, -0.2) is 41.5 Å². The summed E-state index contributed by atoms with van der Waals surface area (Å²) >= 11 is 0. The Morgan fingerprint density at radius 3 is 1.65 bits per heavy atom. The third kappa shape index (κ3) is 6.60. The van der Waals surface area contributed by atoms with Gasteiger partial charge in [0, 0.05) is 12.8 Å². The standard InChI is InChI=1S/C12H20O4.Al.3H/c1-4-7-9(13)11(10(14)8-5-2)12(15)16-6-3;;;;/h11H,4-8H2,1-3H3;;;;. The summed E-state index contributed by atoms with van der Waals surface area (Å²) in [5.74, 6) is -2.53. The van der Waals surface area contributed by atoms with Gasteiger partial charge in [0.25, 0.3) is 0 Å². The first-order valence-corrected chi connectivity index (χ1v) is 5.80. The second kappa shape index (κ2) is 10.5. The predicted octanol–water partition coefficient (Wildman–Crippen LogP) is 0.720. The molecule has 0 heterocycles. The van der Waals surface area contributed by atoms with Gasteiger partial charge < -0.3 is 4.74 Å². The van der Waals surface area contributed by atoms with E-state index in [-0.39, 0.29) is 48.4 Å². The highest BCUT2D eigenvalue weighted by atomic mass is 27.0. The number of carbonyl (C=O) groups is 3. The minimum atomic E-state index is -1.19. The van der Waals surface area contributed by atoms with Crippen LogP contribution in [0, 0.1) is 5.92 Å². The third-order valence-electron chi connectivity index (χ3n) is 2.16. The van der Waals surface area contributed by atoms with E-state index in [1.165, 1.54) is 0 Å². The number of ketones is 2. The van der Waals surface area contributed by atoms with Gasteiger partial charge in [0.2, 0.25) is 0 Å². The molecule has 0 amide bonds. The zero-order valence-corrected chi connectivity index (χ0v) is 10.2. The van der Waals surface area contributed by atoms with Gasteiger partial charge in [-0.15, -0.1) is 0 Å². The Labute approximate surface area is 113 Å². The number of hydrogen-bond donors (Lipinski definition) is 0. The van der Waals surface area contributed by atoms with Crippen molar-refractivity contribution in [2.24, 2.45) is 5.92 Å². The number of ether oxygens (including phenoxy) is 1. The van der Waals surface area contributed by atoms with Crippen LogP contribution < -0.4 is 0 Å². The van der Waals surface area contributed by atoms with Gasteiger partial charge in [-0.1, -0.05) is 13.8 Å². The highest BCUT2D eigenvalue weighted by Crippen LogP contribution is 2.11. The summed E-state index contributed by atoms with van der Waals surface area (Å²) in [6, 6.07) is 0. The molecular weight excluding hydrogens is 235 g/mol. The topological polar surface area (TPSA) is 60.4 Å². The summed E-state index contributed by atoms with van der Waals surface area (Å²) in [5, 5.41) is 0. The molecule has 0 aliphatic carbocycles. The maximum Gasteiger partial charge on any atom is 0.324 e. The number of esters is 1. The maximum absolute atomic E-state index is 11.7. The largest absolute Gasteiger partial charge is 0.465 e. The summed E-state index contributed by atoms with van der Waals surface area (Å²) in [6.07, 6.45) is 1.76. The quantitative estimate of drug-likeness (QED) is 0.366. The molecule has 0 saturated carbocycles. The van der Waals surface area contributed by atoms with E-state index in [1.54, 1.807) is 6.92 Å². The van der Waals surface area contributed by atoms with E-state index in [0.29, 0.717) is 12.8 Å². The number of carbonyl (C=O) groups excluding carboxylic acids is 3. The van der Waals surface area contributed by atoms with Crippen molar-refractivity contribution in [2.45, 2.75) is 46.5 Å². The zero-order valence-electron chi connectivity index (χ0n) is 10.2. The Bertz CT molecular complexity index is 220. The zero-order chi connectivity index (χ0) is 12.6. The molecule has 0 unspecified atom stereocenters. The Morgan fingerprint density at radius 1 is 0.941 bits per heavy atom. The second-order valence-electron chi connectivity index (χ2n) is 3.62. The van der Waals surface area contributed by atoms with Crippen molar-refractivity contribution in [3.63, 3.8) is 0 Å². The van der Waals surface area contributed by atoms with E-state index in [2.05, 4.69) is 0 Å². The van der Waals surface area contributed by atoms with Crippen molar-refractivity contribution >= 4 is 34.9 Å². The average Bonchev–Trinajstić information content (AvgIpc) is 2.19. The lowest BCUT2D eigenvalue weighted by Gasteiger charge is -2.12. The van der Waals surface area contributed by atoms with Crippen LogP contribution in [0.15, 0.2) is 0 Å². The van der Waals surface area contributed by atoms with E-state index < -0.39 is 11.9 Å². The SMILES string of the molecule is CCCC(=O)C(C(=O)CCC)C(=O)OCC.[AlH3]. The number of Topliss-reactive ketones (excluding diaryl/α,β-unsaturated/α-hetero) is 2. The van der Waals surface area contributed by atoms with Crippen LogP contribution in [0.1, 0.15) is 46.5 Å². The molecule has 17 heavy (non-hydrogen) atoms. The molecule has 0 N–H and O–H groups in total. The maximum atomic E-state index is 11.7. The molecule has 0 atom stereocenters. The van der Waals surface area contributed by atoms with Gasteiger partial charge in [0.15, 0.2) is 34.8 Å². The number of rotatable bonds is 8. The molecule has 0 aromatic rings. The number of hydrogen-bond acceptors (Lipinski definition) is 4. The molecule has 0 aliphatic heterocycles. The van der Waals surface area contributed by atoms with Crippen molar-refractivity contribution < 1.29 is 19.1 Å². The van der Waals surface area contributed by atoms with E-state index in [1.807, 2.05) is 13.8 Å². The van der Waals surface area contributed by atoms with Crippen LogP contribution in [0.25, 0.3) is 0 Å². The molecule has 0 aromatic carbocycles. The molecule has 0 rings (SSSR count). The molecule has 0 aliphatic rings. The fourth-order valence-electron chi connectivity index (χ4n) is 1.45. The van der Waals surface area contributed by atoms with Crippen LogP contribution in [0.4, 0.5) is 0 Å². The Balaban J connectivity index is 0. The van der Waals surface area contributed by atoms with Crippen LogP contribution in [0.2, 0.25) is 0 Å². The Kier molecular flexibility index (Phi) is 11.5. The Morgan fingerprint density at radius 2 is 1.35 bits per heavy atom. The summed E-state index contributed by atoms with van der Waals surface area (Å²) in [7, 11) is 0. The lowest BCUT2D eigenvalue weighted by atomic mass is 9.93. The van der Waals surface area contributed by atoms with Gasteiger partial charge in [-0.25, -0.2) is 0 Å². The second-order valence-corrected chi connectivity index (χ2v) is 3.62. The van der Waals surface area contributed by atoms with Gasteiger partial charge >= 0.3 is 5.97 Å². The molecule has 0 saturated heterocycles. The van der Waals surface area contributed by atoms with Crippen molar-refractivity contribution in [1.29, 1.82) is 0 Å². The molecule has 0 aromatic heterocycles. The van der Waals surface area contributed by atoms with E-state index >= 15 is 0 Å². The minimum Gasteiger partial charge on any atom is -0.465 e. The van der Waals surface area contributed by atoms with Gasteiger partial charge in [-0.05, 0) is 19.8 Å². The average molecular weight is 258 g/mol. The van der Waals surface area contributed by atoms with Crippen LogP contribution in [0.3, 0.4) is 0 Å². The first-order chi connectivity index (χ1) is 7.58. The van der Waals surface area contributed by atoms with Crippen molar-refractivity contribution in [3.05, 3.63) is 0 Å². The fourth-order valence-corrected chi connectivity index (χ4v) is 1.45. The molecule has 4 nitrogen and oxygen atoms in total. The minimum absolute atomic E-state index is 0. The third-order valence-corrected chi connectivity index (χ3v) is 2.16. The lowest BCUT2D eigenvalue weighted by Crippen LogP contribution is -2.33. The van der Waals surface area contributed by atoms with Crippen molar-refractivity contribution in [3.8, 4) is 0 Å². The van der Waals surface area contributed by atoms with E-state index in [9.17, 15) is 14.4 Å². The van der Waals surface area contributed by atoms with Crippen molar-refractivity contribution in [1.82, 2.24) is 0 Å². The normalized spacial score (nSPS) is 9.65. The van der Waals surface area contributed by atoms with Crippen LogP contribution >= 0.6 is 0 Å². The molecule has 0 radical (unpaired) electrons. The summed E-state index contributed by atoms with van der Waals surface area (Å²) in [5.41, 5.74) is 0. The first kappa shape index (κ1) is 18.7. The van der Waals surface area contributed by atoms with Gasteiger partial charge in [0.05, 0.1) is 6.61 Å². The van der Waals surface area contributed by atoms with Crippen LogP contribution in [0.5, 0.6) is 0 Å². The van der Waals surface area contributed by atoms with Gasteiger partial charge in [0.1, 0.15) is 0 Å². The highest BCUT2D eigenvalue weighted by molar-refractivity contribution is 6.17. The first-order valence-electron chi connectivity index (χ1n) is 5.80. The molecule has 0 bridgehead atoms. The van der Waals surface area contributed by atoms with Gasteiger partial charge in [-0.2, -0.15) is 0 Å². The predicted molar refractivity (Wildman–Crippen MR) is 69.9 cm³/mol. The highest BCUT2D eigenvalue weighted by Gasteiger charge is 2.33. The summed E-state index contributed by atoms with van der Waals surface area (Å²) in [6.45, 7) is 5.52. The van der Waals surface area contributed by atoms with Gasteiger partial charge in [-0.3, -0.25) is 14.4 Å². The smallest absolute Gasteiger partial charge is 0.324 e. The van der Waals surface area contributed by atoms with Crippen molar-refractivity contribution in [2.75, 3.05) is 6.61 Å². The summed E-state index contributed by atoms with van der Waals surface area (Å²) in [4.78, 5) is 34.8. The Hall–Kier alpha value is -0.658. The van der Waals surface area contributed by atoms with E-state index in [0.717, 1.165) is 0 Å². The summed E-state index contributed by atoms with van der Waals surface area (Å²) < 4.78 is 4.76.